The van der Waals surface area contributed by atoms with Crippen LogP contribution in [0.15, 0.2) is 11.4 Å². The van der Waals surface area contributed by atoms with Gasteiger partial charge in [0.1, 0.15) is 6.61 Å². The molecule has 1 aromatic rings. The molecule has 1 N–H and O–H groups in total. The van der Waals surface area contributed by atoms with Gasteiger partial charge in [0, 0.05) is 31.6 Å². The molecule has 5 nitrogen and oxygen atoms in total. The zero-order valence-electron chi connectivity index (χ0n) is 11.2. The fourth-order valence-electron chi connectivity index (χ4n) is 2.23. The second-order valence-electron chi connectivity index (χ2n) is 4.71. The van der Waals surface area contributed by atoms with Crippen molar-refractivity contribution in [3.05, 3.63) is 19.9 Å². The molecule has 0 aromatic carbocycles. The summed E-state index contributed by atoms with van der Waals surface area (Å²) in [4.78, 5) is 25.6. The first kappa shape index (κ1) is 15.7. The van der Waals surface area contributed by atoms with Gasteiger partial charge >= 0.3 is 0 Å². The molecule has 1 aliphatic heterocycles. The van der Waals surface area contributed by atoms with E-state index in [1.165, 1.54) is 7.11 Å². The first-order valence-electron chi connectivity index (χ1n) is 6.41. The van der Waals surface area contributed by atoms with Crippen LogP contribution in [-0.2, 0) is 9.53 Å². The van der Waals surface area contributed by atoms with Gasteiger partial charge in [-0.3, -0.25) is 9.59 Å². The van der Waals surface area contributed by atoms with E-state index >= 15 is 0 Å². The monoisotopic (exact) mass is 408 g/mol. The van der Waals surface area contributed by atoms with E-state index in [9.17, 15) is 9.59 Å². The Bertz CT molecular complexity index is 484. The molecule has 0 radical (unpaired) electrons. The Hall–Kier alpha value is -0.670. The number of nitrogens with one attached hydrogen (secondary N) is 1. The van der Waals surface area contributed by atoms with Crippen molar-refractivity contribution in [1.29, 1.82) is 0 Å². The van der Waals surface area contributed by atoms with Crippen LogP contribution in [0.25, 0.3) is 0 Å². The van der Waals surface area contributed by atoms with Crippen molar-refractivity contribution in [2.75, 3.05) is 26.8 Å². The number of hydrogen-bond acceptors (Lipinski definition) is 4. The number of hydrogen-bond donors (Lipinski definition) is 1. The van der Waals surface area contributed by atoms with Gasteiger partial charge < -0.3 is 15.0 Å². The highest BCUT2D eigenvalue weighted by Gasteiger charge is 2.24. The summed E-state index contributed by atoms with van der Waals surface area (Å²) in [6.07, 6.45) is 1.59. The largest absolute Gasteiger partial charge is 0.375 e. The summed E-state index contributed by atoms with van der Waals surface area (Å²) in [5, 5.41) is 4.82. The molecule has 0 bridgehead atoms. The number of methoxy groups -OCH3 is 1. The van der Waals surface area contributed by atoms with Gasteiger partial charge in [-0.25, -0.2) is 0 Å². The van der Waals surface area contributed by atoms with Crippen LogP contribution in [0.5, 0.6) is 0 Å². The molecule has 1 aromatic heterocycles. The molecular weight excluding hydrogens is 391 g/mol. The number of carbonyl (C=O) groups is 2. The maximum atomic E-state index is 12.3. The van der Waals surface area contributed by atoms with Gasteiger partial charge in [0.2, 0.25) is 5.91 Å². The third-order valence-corrected chi connectivity index (χ3v) is 5.03. The smallest absolute Gasteiger partial charge is 0.254 e. The molecule has 2 heterocycles. The van der Waals surface area contributed by atoms with Gasteiger partial charge in [-0.2, -0.15) is 0 Å². The Kier molecular flexibility index (Phi) is 5.79. The van der Waals surface area contributed by atoms with E-state index in [1.807, 2.05) is 16.3 Å². The quantitative estimate of drug-likeness (QED) is 0.773. The zero-order chi connectivity index (χ0) is 14.5. The minimum atomic E-state index is -0.0929. The lowest BCUT2D eigenvalue weighted by Crippen LogP contribution is -2.47. The zero-order valence-corrected chi connectivity index (χ0v) is 14.2. The maximum Gasteiger partial charge on any atom is 0.254 e. The minimum Gasteiger partial charge on any atom is -0.375 e. The predicted octanol–water partition coefficient (Wildman–Crippen LogP) is 1.72. The summed E-state index contributed by atoms with van der Waals surface area (Å²) in [6, 6.07) is 2.06. The van der Waals surface area contributed by atoms with E-state index in [2.05, 4.69) is 27.9 Å². The highest BCUT2D eigenvalue weighted by molar-refractivity contribution is 14.1. The Morgan fingerprint density at radius 3 is 2.75 bits per heavy atom. The van der Waals surface area contributed by atoms with E-state index in [0.29, 0.717) is 13.1 Å². The Morgan fingerprint density at radius 1 is 1.50 bits per heavy atom. The van der Waals surface area contributed by atoms with Gasteiger partial charge in [-0.05, 0) is 41.5 Å². The van der Waals surface area contributed by atoms with Crippen LogP contribution >= 0.6 is 33.9 Å². The molecular formula is C13H17IN2O3S. The van der Waals surface area contributed by atoms with Crippen LogP contribution in [0.2, 0.25) is 0 Å². The van der Waals surface area contributed by atoms with Gasteiger partial charge in [0.05, 0.1) is 8.45 Å². The molecule has 1 fully saturated rings. The summed E-state index contributed by atoms with van der Waals surface area (Å²) in [7, 11) is 1.50. The lowest BCUT2D eigenvalue weighted by molar-refractivity contribution is -0.125. The number of amides is 2. The fraction of sp³-hybridized carbons (Fsp3) is 0.538. The topological polar surface area (TPSA) is 58.6 Å². The van der Waals surface area contributed by atoms with Crippen molar-refractivity contribution >= 4 is 45.7 Å². The van der Waals surface area contributed by atoms with Crippen molar-refractivity contribution in [3.63, 3.8) is 0 Å². The average molecular weight is 408 g/mol. The minimum absolute atomic E-state index is 0.0887. The Labute approximate surface area is 135 Å². The van der Waals surface area contributed by atoms with Crippen LogP contribution in [0.1, 0.15) is 23.2 Å². The molecule has 0 atom stereocenters. The summed E-state index contributed by atoms with van der Waals surface area (Å²) >= 11 is 3.80. The molecule has 0 spiro atoms. The molecule has 110 valence electrons. The third kappa shape index (κ3) is 4.16. The lowest BCUT2D eigenvalue weighted by atomic mass is 10.0. The van der Waals surface area contributed by atoms with Crippen LogP contribution in [0.3, 0.4) is 0 Å². The third-order valence-electron chi connectivity index (χ3n) is 3.24. The number of likely N-dealkylation sites (tertiary alicyclic amines) is 1. The Morgan fingerprint density at radius 2 is 2.20 bits per heavy atom. The number of piperidine rings is 1. The molecule has 7 heteroatoms. The van der Waals surface area contributed by atoms with E-state index in [-0.39, 0.29) is 24.5 Å². The van der Waals surface area contributed by atoms with Crippen molar-refractivity contribution in [2.24, 2.45) is 0 Å². The Balaban J connectivity index is 1.82. The fourth-order valence-corrected chi connectivity index (χ4v) is 3.55. The van der Waals surface area contributed by atoms with Crippen LogP contribution in [-0.4, -0.2) is 49.6 Å². The van der Waals surface area contributed by atoms with Crippen molar-refractivity contribution in [2.45, 2.75) is 18.9 Å². The number of rotatable bonds is 4. The van der Waals surface area contributed by atoms with Gasteiger partial charge in [0.15, 0.2) is 0 Å². The molecule has 2 rings (SSSR count). The van der Waals surface area contributed by atoms with Crippen molar-refractivity contribution in [1.82, 2.24) is 10.2 Å². The molecule has 0 aliphatic carbocycles. The molecule has 1 saturated heterocycles. The summed E-state index contributed by atoms with van der Waals surface area (Å²) in [6.45, 7) is 1.46. The number of nitrogens with zero attached hydrogens (tertiary/aromatic N) is 1. The highest BCUT2D eigenvalue weighted by Crippen LogP contribution is 2.20. The van der Waals surface area contributed by atoms with Gasteiger partial charge in [-0.1, -0.05) is 0 Å². The summed E-state index contributed by atoms with van der Waals surface area (Å²) in [5.41, 5.74) is 0.765. The van der Waals surface area contributed by atoms with E-state index in [4.69, 9.17) is 4.74 Å². The standard InChI is InChI=1S/C13H17IN2O3S/c1-19-7-12(17)15-10-2-4-16(5-3-10)13(18)9-6-11(14)20-8-9/h6,8,10H,2-5,7H2,1H3,(H,15,17). The second kappa shape index (κ2) is 7.37. The number of halogens is 1. The van der Waals surface area contributed by atoms with E-state index < -0.39 is 0 Å². The van der Waals surface area contributed by atoms with Crippen molar-refractivity contribution in [3.8, 4) is 0 Å². The molecule has 20 heavy (non-hydrogen) atoms. The number of ether oxygens (including phenoxy) is 1. The predicted molar refractivity (Wildman–Crippen MR) is 86.0 cm³/mol. The first-order chi connectivity index (χ1) is 9.60. The van der Waals surface area contributed by atoms with Gasteiger partial charge in [0.25, 0.3) is 5.91 Å². The van der Waals surface area contributed by atoms with Crippen LogP contribution in [0, 0.1) is 2.88 Å². The second-order valence-corrected chi connectivity index (χ2v) is 7.51. The number of thiophene rings is 1. The normalized spacial score (nSPS) is 16.2. The first-order valence-corrected chi connectivity index (χ1v) is 8.37. The summed E-state index contributed by atoms with van der Waals surface area (Å²) < 4.78 is 5.91. The average Bonchev–Trinajstić information content (AvgIpc) is 2.86. The van der Waals surface area contributed by atoms with Crippen LogP contribution in [0.4, 0.5) is 0 Å². The highest BCUT2D eigenvalue weighted by atomic mass is 127. The van der Waals surface area contributed by atoms with Crippen molar-refractivity contribution < 1.29 is 14.3 Å². The van der Waals surface area contributed by atoms with Gasteiger partial charge in [-0.15, -0.1) is 11.3 Å². The van der Waals surface area contributed by atoms with E-state index in [0.717, 1.165) is 21.3 Å². The summed E-state index contributed by atoms with van der Waals surface area (Å²) in [5.74, 6) is -0.00417. The molecule has 1 aliphatic rings. The molecule has 2 amide bonds. The maximum absolute atomic E-state index is 12.3. The lowest BCUT2D eigenvalue weighted by Gasteiger charge is -2.32. The SMILES string of the molecule is COCC(=O)NC1CCN(C(=O)c2csc(I)c2)CC1. The molecule has 0 saturated carbocycles. The number of carbonyl (C=O) groups excluding carboxylic acids is 2. The molecule has 0 unspecified atom stereocenters. The van der Waals surface area contributed by atoms with Crippen LogP contribution < -0.4 is 5.32 Å². The van der Waals surface area contributed by atoms with E-state index in [1.54, 1.807) is 11.3 Å².